The van der Waals surface area contributed by atoms with Crippen LogP contribution in [0.25, 0.3) is 0 Å². The minimum absolute atomic E-state index is 0.192. The molecule has 1 aromatic rings. The number of carbonyl (C=O) groups excluding carboxylic acids is 1. The molecular weight excluding hydrogens is 208 g/mol. The van der Waals surface area contributed by atoms with Gasteiger partial charge in [-0.25, -0.2) is 4.98 Å². The predicted octanol–water partition coefficient (Wildman–Crippen LogP) is 1.74. The minimum atomic E-state index is 0.192. The number of ketones is 1. The maximum atomic E-state index is 11.0. The normalized spacial score (nSPS) is 17.9. The molecule has 82 valence electrons. The third-order valence-corrected chi connectivity index (χ3v) is 3.74. The summed E-state index contributed by atoms with van der Waals surface area (Å²) < 4.78 is 0. The predicted molar refractivity (Wildman–Crippen MR) is 61.3 cm³/mol. The van der Waals surface area contributed by atoms with Crippen LogP contribution in [-0.2, 0) is 11.2 Å². The van der Waals surface area contributed by atoms with Crippen molar-refractivity contribution < 1.29 is 4.79 Å². The lowest BCUT2D eigenvalue weighted by Gasteiger charge is -2.20. The average molecular weight is 224 g/mol. The van der Waals surface area contributed by atoms with Crippen molar-refractivity contribution in [2.24, 2.45) is 0 Å². The summed E-state index contributed by atoms with van der Waals surface area (Å²) in [6.45, 7) is 3.79. The standard InChI is InChI=1S/C11H16N2OS/c1-8(14)6-10-7-15-11(13-10)9-2-4-12-5-3-9/h7,9,12H,2-6H2,1H3. The number of carbonyl (C=O) groups is 1. The first kappa shape index (κ1) is 10.8. The molecule has 0 saturated carbocycles. The molecule has 1 aliphatic rings. The van der Waals surface area contributed by atoms with Gasteiger partial charge in [-0.3, -0.25) is 4.79 Å². The van der Waals surface area contributed by atoms with Gasteiger partial charge in [0.05, 0.1) is 10.7 Å². The largest absolute Gasteiger partial charge is 0.317 e. The van der Waals surface area contributed by atoms with E-state index in [0.717, 1.165) is 18.8 Å². The number of thiazole rings is 1. The lowest BCUT2D eigenvalue weighted by atomic mass is 9.99. The fraction of sp³-hybridized carbons (Fsp3) is 0.636. The Morgan fingerprint density at radius 2 is 2.33 bits per heavy atom. The van der Waals surface area contributed by atoms with E-state index in [1.807, 2.05) is 5.38 Å². The first-order valence-corrected chi connectivity index (χ1v) is 6.28. The maximum absolute atomic E-state index is 11.0. The van der Waals surface area contributed by atoms with Crippen molar-refractivity contribution in [2.75, 3.05) is 13.1 Å². The molecule has 0 bridgehead atoms. The number of nitrogens with one attached hydrogen (secondary N) is 1. The van der Waals surface area contributed by atoms with Crippen LogP contribution < -0.4 is 5.32 Å². The Labute approximate surface area is 93.9 Å². The highest BCUT2D eigenvalue weighted by Crippen LogP contribution is 2.27. The van der Waals surface area contributed by atoms with E-state index in [4.69, 9.17) is 0 Å². The van der Waals surface area contributed by atoms with Gasteiger partial charge in [-0.1, -0.05) is 0 Å². The van der Waals surface area contributed by atoms with Crippen LogP contribution in [0.5, 0.6) is 0 Å². The highest BCUT2D eigenvalue weighted by Gasteiger charge is 2.18. The summed E-state index contributed by atoms with van der Waals surface area (Å²) >= 11 is 1.71. The molecule has 0 spiro atoms. The summed E-state index contributed by atoms with van der Waals surface area (Å²) in [6.07, 6.45) is 2.83. The summed E-state index contributed by atoms with van der Waals surface area (Å²) in [5.41, 5.74) is 0.945. The molecule has 0 unspecified atom stereocenters. The first-order chi connectivity index (χ1) is 7.25. The summed E-state index contributed by atoms with van der Waals surface area (Å²) in [5.74, 6) is 0.800. The molecule has 2 heterocycles. The van der Waals surface area contributed by atoms with E-state index < -0.39 is 0 Å². The minimum Gasteiger partial charge on any atom is -0.317 e. The van der Waals surface area contributed by atoms with Crippen LogP contribution in [0, 0.1) is 0 Å². The van der Waals surface area contributed by atoms with E-state index in [1.54, 1.807) is 18.3 Å². The van der Waals surface area contributed by atoms with Gasteiger partial charge in [-0.15, -0.1) is 11.3 Å². The molecular formula is C11H16N2OS. The van der Waals surface area contributed by atoms with E-state index in [-0.39, 0.29) is 5.78 Å². The van der Waals surface area contributed by atoms with Crippen molar-refractivity contribution >= 4 is 17.1 Å². The zero-order valence-electron chi connectivity index (χ0n) is 8.95. The zero-order chi connectivity index (χ0) is 10.7. The molecule has 1 aromatic heterocycles. The topological polar surface area (TPSA) is 42.0 Å². The van der Waals surface area contributed by atoms with Gasteiger partial charge < -0.3 is 5.32 Å². The van der Waals surface area contributed by atoms with Crippen molar-refractivity contribution in [3.63, 3.8) is 0 Å². The van der Waals surface area contributed by atoms with Crippen molar-refractivity contribution in [1.82, 2.24) is 10.3 Å². The van der Waals surface area contributed by atoms with Crippen molar-refractivity contribution in [3.8, 4) is 0 Å². The van der Waals surface area contributed by atoms with Gasteiger partial charge in [-0.05, 0) is 32.9 Å². The second-order valence-electron chi connectivity index (χ2n) is 4.08. The van der Waals surface area contributed by atoms with Gasteiger partial charge in [0.1, 0.15) is 5.78 Å². The summed E-state index contributed by atoms with van der Waals surface area (Å²) in [6, 6.07) is 0. The van der Waals surface area contributed by atoms with Crippen LogP contribution in [0.2, 0.25) is 0 Å². The van der Waals surface area contributed by atoms with E-state index >= 15 is 0 Å². The number of Topliss-reactive ketones (excluding diaryl/α,β-unsaturated/α-hetero) is 1. The Balaban J connectivity index is 2.02. The number of hydrogen-bond donors (Lipinski definition) is 1. The molecule has 1 saturated heterocycles. The van der Waals surface area contributed by atoms with Crippen LogP contribution in [0.4, 0.5) is 0 Å². The highest BCUT2D eigenvalue weighted by molar-refractivity contribution is 7.09. The number of hydrogen-bond acceptors (Lipinski definition) is 4. The molecule has 0 amide bonds. The fourth-order valence-corrected chi connectivity index (χ4v) is 2.91. The SMILES string of the molecule is CC(=O)Cc1csc(C2CCNCC2)n1. The zero-order valence-corrected chi connectivity index (χ0v) is 9.77. The molecule has 1 aliphatic heterocycles. The molecule has 15 heavy (non-hydrogen) atoms. The van der Waals surface area contributed by atoms with Gasteiger partial charge in [0.25, 0.3) is 0 Å². The molecule has 0 atom stereocenters. The molecule has 0 radical (unpaired) electrons. The van der Waals surface area contributed by atoms with Gasteiger partial charge in [0.15, 0.2) is 0 Å². The number of nitrogens with zero attached hydrogens (tertiary/aromatic N) is 1. The summed E-state index contributed by atoms with van der Waals surface area (Å²) in [4.78, 5) is 15.5. The van der Waals surface area contributed by atoms with Crippen molar-refractivity contribution in [2.45, 2.75) is 32.1 Å². The molecule has 0 aromatic carbocycles. The maximum Gasteiger partial charge on any atom is 0.135 e. The summed E-state index contributed by atoms with van der Waals surface area (Å²) in [7, 11) is 0. The van der Waals surface area contributed by atoms with E-state index in [0.29, 0.717) is 12.3 Å². The summed E-state index contributed by atoms with van der Waals surface area (Å²) in [5, 5.41) is 6.59. The lowest BCUT2D eigenvalue weighted by Crippen LogP contribution is -2.26. The number of rotatable bonds is 3. The Kier molecular flexibility index (Phi) is 3.49. The monoisotopic (exact) mass is 224 g/mol. The van der Waals surface area contributed by atoms with E-state index in [1.165, 1.54) is 17.8 Å². The average Bonchev–Trinajstić information content (AvgIpc) is 2.67. The lowest BCUT2D eigenvalue weighted by molar-refractivity contribution is -0.116. The van der Waals surface area contributed by atoms with Crippen LogP contribution in [0.3, 0.4) is 0 Å². The smallest absolute Gasteiger partial charge is 0.135 e. The van der Waals surface area contributed by atoms with Gasteiger partial charge in [0.2, 0.25) is 0 Å². The first-order valence-electron chi connectivity index (χ1n) is 5.40. The quantitative estimate of drug-likeness (QED) is 0.850. The highest BCUT2D eigenvalue weighted by atomic mass is 32.1. The molecule has 4 heteroatoms. The second kappa shape index (κ2) is 4.86. The molecule has 1 fully saturated rings. The van der Waals surface area contributed by atoms with Crippen LogP contribution in [-0.4, -0.2) is 23.9 Å². The van der Waals surface area contributed by atoms with Gasteiger partial charge in [0, 0.05) is 17.7 Å². The number of piperidine rings is 1. The third kappa shape index (κ3) is 2.86. The third-order valence-electron chi connectivity index (χ3n) is 2.69. The Bertz CT molecular complexity index is 342. The second-order valence-corrected chi connectivity index (χ2v) is 4.97. The molecule has 0 aliphatic carbocycles. The van der Waals surface area contributed by atoms with Crippen molar-refractivity contribution in [1.29, 1.82) is 0 Å². The number of aromatic nitrogens is 1. The van der Waals surface area contributed by atoms with Crippen LogP contribution in [0.15, 0.2) is 5.38 Å². The Morgan fingerprint density at radius 3 is 3.00 bits per heavy atom. The van der Waals surface area contributed by atoms with E-state index in [2.05, 4.69) is 10.3 Å². The fourth-order valence-electron chi connectivity index (χ4n) is 1.92. The van der Waals surface area contributed by atoms with Crippen LogP contribution >= 0.6 is 11.3 Å². The molecule has 2 rings (SSSR count). The molecule has 3 nitrogen and oxygen atoms in total. The van der Waals surface area contributed by atoms with Gasteiger partial charge in [-0.2, -0.15) is 0 Å². The van der Waals surface area contributed by atoms with E-state index in [9.17, 15) is 4.79 Å². The Hall–Kier alpha value is -0.740. The molecule has 1 N–H and O–H groups in total. The van der Waals surface area contributed by atoms with Gasteiger partial charge >= 0.3 is 0 Å². The van der Waals surface area contributed by atoms with Crippen LogP contribution in [0.1, 0.15) is 36.4 Å². The Morgan fingerprint density at radius 1 is 1.60 bits per heavy atom. The van der Waals surface area contributed by atoms with Crippen molar-refractivity contribution in [3.05, 3.63) is 16.1 Å².